The highest BCUT2D eigenvalue weighted by molar-refractivity contribution is 5.34. The predicted molar refractivity (Wildman–Crippen MR) is 73.7 cm³/mol. The van der Waals surface area contributed by atoms with Crippen LogP contribution in [0.5, 0.6) is 5.75 Å². The molecule has 5 heteroatoms. The van der Waals surface area contributed by atoms with Crippen molar-refractivity contribution >= 4 is 0 Å². The van der Waals surface area contributed by atoms with Gasteiger partial charge in [0.1, 0.15) is 11.6 Å². The highest BCUT2D eigenvalue weighted by Gasteiger charge is 2.22. The first kappa shape index (κ1) is 15.9. The van der Waals surface area contributed by atoms with Gasteiger partial charge in [-0.3, -0.25) is 0 Å². The Labute approximate surface area is 113 Å². The SMILES string of the molecule is CC(NCC(C)(O)CN(C)C)c1cc(F)ccc1O. The topological polar surface area (TPSA) is 55.7 Å². The summed E-state index contributed by atoms with van der Waals surface area (Å²) in [6, 6.07) is 3.60. The highest BCUT2D eigenvalue weighted by Crippen LogP contribution is 2.24. The number of nitrogens with one attached hydrogen (secondary N) is 1. The molecular formula is C14H23FN2O2. The van der Waals surface area contributed by atoms with Crippen molar-refractivity contribution < 1.29 is 14.6 Å². The third-order valence-corrected chi connectivity index (χ3v) is 2.90. The molecule has 2 unspecified atom stereocenters. The Morgan fingerprint density at radius 1 is 1.42 bits per heavy atom. The van der Waals surface area contributed by atoms with Gasteiger partial charge in [0.25, 0.3) is 0 Å². The molecule has 0 saturated carbocycles. The van der Waals surface area contributed by atoms with Crippen LogP contribution in [0.3, 0.4) is 0 Å². The minimum atomic E-state index is -0.888. The van der Waals surface area contributed by atoms with Crippen LogP contribution < -0.4 is 5.32 Å². The molecule has 1 aromatic rings. The summed E-state index contributed by atoms with van der Waals surface area (Å²) in [7, 11) is 3.77. The Hall–Kier alpha value is -1.17. The van der Waals surface area contributed by atoms with E-state index in [9.17, 15) is 14.6 Å². The van der Waals surface area contributed by atoms with Crippen LogP contribution in [0.2, 0.25) is 0 Å². The molecule has 4 nitrogen and oxygen atoms in total. The molecule has 108 valence electrons. The quantitative estimate of drug-likeness (QED) is 0.733. The molecule has 0 aromatic heterocycles. The van der Waals surface area contributed by atoms with Crippen LogP contribution in [0.15, 0.2) is 18.2 Å². The van der Waals surface area contributed by atoms with Crippen LogP contribution in [0, 0.1) is 5.82 Å². The zero-order chi connectivity index (χ0) is 14.6. The fraction of sp³-hybridized carbons (Fsp3) is 0.571. The van der Waals surface area contributed by atoms with Gasteiger partial charge in [-0.1, -0.05) is 0 Å². The van der Waals surface area contributed by atoms with Crippen molar-refractivity contribution in [2.75, 3.05) is 27.2 Å². The van der Waals surface area contributed by atoms with E-state index in [4.69, 9.17) is 0 Å². The van der Waals surface area contributed by atoms with Gasteiger partial charge in [-0.05, 0) is 46.1 Å². The lowest BCUT2D eigenvalue weighted by atomic mass is 10.0. The molecule has 0 radical (unpaired) electrons. The minimum Gasteiger partial charge on any atom is -0.508 e. The van der Waals surface area contributed by atoms with E-state index in [1.54, 1.807) is 6.92 Å². The van der Waals surface area contributed by atoms with Crippen molar-refractivity contribution in [1.82, 2.24) is 10.2 Å². The van der Waals surface area contributed by atoms with Crippen LogP contribution in [0.4, 0.5) is 4.39 Å². The average Bonchev–Trinajstić information content (AvgIpc) is 2.27. The molecule has 0 heterocycles. The number of rotatable bonds is 6. The van der Waals surface area contributed by atoms with Crippen LogP contribution in [0.25, 0.3) is 0 Å². The first-order valence-corrected chi connectivity index (χ1v) is 6.30. The Kier molecular flexibility index (Phi) is 5.29. The van der Waals surface area contributed by atoms with Gasteiger partial charge in [-0.25, -0.2) is 4.39 Å². The first-order valence-electron chi connectivity index (χ1n) is 6.30. The van der Waals surface area contributed by atoms with E-state index in [1.165, 1.54) is 18.2 Å². The summed E-state index contributed by atoms with van der Waals surface area (Å²) in [6.45, 7) is 4.42. The summed E-state index contributed by atoms with van der Waals surface area (Å²) in [5.74, 6) is -0.338. The zero-order valence-electron chi connectivity index (χ0n) is 11.9. The number of benzene rings is 1. The minimum absolute atomic E-state index is 0.0497. The number of halogens is 1. The lowest BCUT2D eigenvalue weighted by Gasteiger charge is -2.29. The molecule has 0 bridgehead atoms. The lowest BCUT2D eigenvalue weighted by molar-refractivity contribution is 0.0317. The average molecular weight is 270 g/mol. The normalized spacial score (nSPS) is 16.4. The van der Waals surface area contributed by atoms with Crippen LogP contribution in [-0.2, 0) is 0 Å². The predicted octanol–water partition coefficient (Wildman–Crippen LogP) is 1.49. The second-order valence-electron chi connectivity index (χ2n) is 5.54. The fourth-order valence-electron chi connectivity index (χ4n) is 2.09. The summed E-state index contributed by atoms with van der Waals surface area (Å²) in [5, 5.41) is 23.0. The number of hydrogen-bond acceptors (Lipinski definition) is 4. The summed E-state index contributed by atoms with van der Waals surface area (Å²) in [5.41, 5.74) is -0.401. The van der Waals surface area contributed by atoms with Crippen LogP contribution in [-0.4, -0.2) is 47.9 Å². The maximum absolute atomic E-state index is 13.2. The van der Waals surface area contributed by atoms with Gasteiger partial charge in [0, 0.05) is 24.7 Å². The van der Waals surface area contributed by atoms with Gasteiger partial charge in [0.15, 0.2) is 0 Å². The third-order valence-electron chi connectivity index (χ3n) is 2.90. The Morgan fingerprint density at radius 3 is 2.63 bits per heavy atom. The summed E-state index contributed by atoms with van der Waals surface area (Å²) in [4.78, 5) is 1.89. The van der Waals surface area contributed by atoms with Gasteiger partial charge in [0.2, 0.25) is 0 Å². The van der Waals surface area contributed by atoms with Gasteiger partial charge in [0.05, 0.1) is 5.60 Å². The van der Waals surface area contributed by atoms with E-state index >= 15 is 0 Å². The van der Waals surface area contributed by atoms with Gasteiger partial charge >= 0.3 is 0 Å². The van der Waals surface area contributed by atoms with E-state index < -0.39 is 5.60 Å². The van der Waals surface area contributed by atoms with Crippen LogP contribution >= 0.6 is 0 Å². The number of likely N-dealkylation sites (N-methyl/N-ethyl adjacent to an activating group) is 1. The monoisotopic (exact) mass is 270 g/mol. The molecule has 19 heavy (non-hydrogen) atoms. The zero-order valence-corrected chi connectivity index (χ0v) is 11.9. The molecule has 0 spiro atoms. The molecule has 0 aliphatic carbocycles. The van der Waals surface area contributed by atoms with Gasteiger partial charge in [-0.15, -0.1) is 0 Å². The standard InChI is InChI=1S/C14H23FN2O2/c1-10(12-7-11(15)5-6-13(12)18)16-8-14(2,19)9-17(3)4/h5-7,10,16,18-19H,8-9H2,1-4H3. The summed E-state index contributed by atoms with van der Waals surface area (Å²) < 4.78 is 13.2. The number of hydrogen-bond donors (Lipinski definition) is 3. The number of aliphatic hydroxyl groups is 1. The van der Waals surface area contributed by atoms with Gasteiger partial charge in [-0.2, -0.15) is 0 Å². The Bertz CT molecular complexity index is 422. The number of aromatic hydroxyl groups is 1. The molecule has 0 amide bonds. The van der Waals surface area contributed by atoms with Crippen molar-refractivity contribution in [2.24, 2.45) is 0 Å². The molecule has 3 N–H and O–H groups in total. The molecule has 0 saturated heterocycles. The Balaban J connectivity index is 2.65. The summed E-state index contributed by atoms with van der Waals surface area (Å²) in [6.07, 6.45) is 0. The number of nitrogens with zero attached hydrogens (tertiary/aromatic N) is 1. The smallest absolute Gasteiger partial charge is 0.123 e. The van der Waals surface area contributed by atoms with E-state index in [2.05, 4.69) is 5.32 Å². The van der Waals surface area contributed by atoms with E-state index in [0.29, 0.717) is 18.7 Å². The van der Waals surface area contributed by atoms with E-state index in [1.807, 2.05) is 25.9 Å². The number of phenolic OH excluding ortho intramolecular Hbond substituents is 1. The van der Waals surface area contributed by atoms with Crippen molar-refractivity contribution in [2.45, 2.75) is 25.5 Å². The van der Waals surface area contributed by atoms with Crippen molar-refractivity contribution in [3.63, 3.8) is 0 Å². The second-order valence-corrected chi connectivity index (χ2v) is 5.54. The maximum Gasteiger partial charge on any atom is 0.123 e. The number of phenols is 1. The van der Waals surface area contributed by atoms with E-state index in [0.717, 1.165) is 0 Å². The molecule has 0 aliphatic rings. The van der Waals surface area contributed by atoms with Crippen LogP contribution in [0.1, 0.15) is 25.5 Å². The van der Waals surface area contributed by atoms with E-state index in [-0.39, 0.29) is 17.6 Å². The highest BCUT2D eigenvalue weighted by atomic mass is 19.1. The third kappa shape index (κ3) is 5.14. The largest absolute Gasteiger partial charge is 0.508 e. The Morgan fingerprint density at radius 2 is 2.05 bits per heavy atom. The van der Waals surface area contributed by atoms with Crippen molar-refractivity contribution in [1.29, 1.82) is 0 Å². The molecule has 0 aliphatic heterocycles. The molecule has 1 rings (SSSR count). The molecule has 0 fully saturated rings. The maximum atomic E-state index is 13.2. The summed E-state index contributed by atoms with van der Waals surface area (Å²) >= 11 is 0. The fourth-order valence-corrected chi connectivity index (χ4v) is 2.09. The lowest BCUT2D eigenvalue weighted by Crippen LogP contribution is -2.46. The molecule has 1 aromatic carbocycles. The second kappa shape index (κ2) is 6.32. The molecular weight excluding hydrogens is 247 g/mol. The first-order chi connectivity index (χ1) is 8.71. The van der Waals surface area contributed by atoms with Crippen molar-refractivity contribution in [3.05, 3.63) is 29.6 Å². The van der Waals surface area contributed by atoms with Gasteiger partial charge < -0.3 is 20.4 Å². The molecule has 2 atom stereocenters. The van der Waals surface area contributed by atoms with Crippen molar-refractivity contribution in [3.8, 4) is 5.75 Å².